The SMILES string of the molecule is CC1(C)[C@@H]([C@@H](OS(C)(=O)=O)C(Cl)(Cl)Cl)[C@H]1C(=O)OC(C#N)c1cccc(Oc2ccccc2)c1. The van der Waals surface area contributed by atoms with Crippen molar-refractivity contribution in [3.8, 4) is 17.6 Å². The molecule has 11 heteroatoms. The Kier molecular flexibility index (Phi) is 7.76. The van der Waals surface area contributed by atoms with Crippen LogP contribution in [-0.4, -0.2) is 30.5 Å². The van der Waals surface area contributed by atoms with Crippen molar-refractivity contribution in [3.05, 3.63) is 60.2 Å². The van der Waals surface area contributed by atoms with Crippen molar-refractivity contribution in [2.75, 3.05) is 6.26 Å². The molecule has 1 saturated carbocycles. The van der Waals surface area contributed by atoms with Gasteiger partial charge in [-0.1, -0.05) is 79.0 Å². The smallest absolute Gasteiger partial charge is 0.311 e. The molecule has 0 radical (unpaired) electrons. The average molecular weight is 547 g/mol. The summed E-state index contributed by atoms with van der Waals surface area (Å²) in [6.45, 7) is 3.41. The maximum absolute atomic E-state index is 13.0. The molecular formula is C23H22Cl3NO6S. The molecule has 0 bridgehead atoms. The minimum Gasteiger partial charge on any atom is -0.457 e. The third-order valence-electron chi connectivity index (χ3n) is 5.58. The van der Waals surface area contributed by atoms with Crippen LogP contribution in [0.4, 0.5) is 0 Å². The van der Waals surface area contributed by atoms with Crippen LogP contribution in [0.5, 0.6) is 11.5 Å². The summed E-state index contributed by atoms with van der Waals surface area (Å²) >= 11 is 17.9. The van der Waals surface area contributed by atoms with Crippen LogP contribution >= 0.6 is 34.8 Å². The fraction of sp³-hybridized carbons (Fsp3) is 0.391. The number of hydrogen-bond donors (Lipinski definition) is 0. The molecule has 3 rings (SSSR count). The lowest BCUT2D eigenvalue weighted by Gasteiger charge is -2.24. The summed E-state index contributed by atoms with van der Waals surface area (Å²) in [6.07, 6.45) is -1.82. The number of esters is 1. The lowest BCUT2D eigenvalue weighted by Crippen LogP contribution is -2.35. The first kappa shape index (κ1) is 26.6. The van der Waals surface area contributed by atoms with E-state index in [4.69, 9.17) is 48.5 Å². The van der Waals surface area contributed by atoms with Gasteiger partial charge in [0, 0.05) is 11.5 Å². The molecule has 2 aromatic rings. The largest absolute Gasteiger partial charge is 0.457 e. The van der Waals surface area contributed by atoms with E-state index < -0.39 is 49.3 Å². The molecule has 2 aromatic carbocycles. The van der Waals surface area contributed by atoms with Gasteiger partial charge in [-0.2, -0.15) is 13.7 Å². The first-order valence-corrected chi connectivity index (χ1v) is 13.1. The molecule has 0 amide bonds. The van der Waals surface area contributed by atoms with Gasteiger partial charge in [-0.05, 0) is 29.7 Å². The van der Waals surface area contributed by atoms with E-state index in [9.17, 15) is 18.5 Å². The molecule has 7 nitrogen and oxygen atoms in total. The summed E-state index contributed by atoms with van der Waals surface area (Å²) in [5.41, 5.74) is -0.390. The molecule has 4 atom stereocenters. The van der Waals surface area contributed by atoms with Crippen molar-refractivity contribution in [2.24, 2.45) is 17.3 Å². The van der Waals surface area contributed by atoms with Gasteiger partial charge in [-0.3, -0.25) is 8.98 Å². The van der Waals surface area contributed by atoms with Crippen molar-refractivity contribution >= 4 is 50.9 Å². The second-order valence-electron chi connectivity index (χ2n) is 8.52. The normalized spacial score (nSPS) is 21.1. The fourth-order valence-electron chi connectivity index (χ4n) is 3.92. The highest BCUT2D eigenvalue weighted by molar-refractivity contribution is 7.86. The first-order valence-electron chi connectivity index (χ1n) is 10.1. The highest BCUT2D eigenvalue weighted by Crippen LogP contribution is 2.64. The predicted molar refractivity (Wildman–Crippen MR) is 128 cm³/mol. The lowest BCUT2D eigenvalue weighted by molar-refractivity contribution is -0.149. The molecule has 1 fully saturated rings. The second kappa shape index (κ2) is 9.92. The molecule has 0 spiro atoms. The zero-order chi connectivity index (χ0) is 25.3. The van der Waals surface area contributed by atoms with Gasteiger partial charge in [0.05, 0.1) is 12.2 Å². The topological polar surface area (TPSA) is 103 Å². The van der Waals surface area contributed by atoms with E-state index in [-0.39, 0.29) is 0 Å². The van der Waals surface area contributed by atoms with Crippen LogP contribution < -0.4 is 4.74 Å². The number of hydrogen-bond acceptors (Lipinski definition) is 7. The number of ether oxygens (including phenoxy) is 2. The summed E-state index contributed by atoms with van der Waals surface area (Å²) in [4.78, 5) is 13.0. The molecule has 34 heavy (non-hydrogen) atoms. The first-order chi connectivity index (χ1) is 15.7. The minimum atomic E-state index is -3.98. The van der Waals surface area contributed by atoms with Crippen LogP contribution in [0, 0.1) is 28.6 Å². The van der Waals surface area contributed by atoms with Gasteiger partial charge in [-0.25, -0.2) is 0 Å². The van der Waals surface area contributed by atoms with Crippen LogP contribution in [0.15, 0.2) is 54.6 Å². The number of halogens is 3. The van der Waals surface area contributed by atoms with Gasteiger partial charge in [-0.15, -0.1) is 0 Å². The van der Waals surface area contributed by atoms with E-state index >= 15 is 0 Å². The highest BCUT2D eigenvalue weighted by Gasteiger charge is 2.69. The Morgan fingerprint density at radius 2 is 1.71 bits per heavy atom. The number of nitriles is 1. The van der Waals surface area contributed by atoms with E-state index in [2.05, 4.69) is 0 Å². The van der Waals surface area contributed by atoms with Crippen molar-refractivity contribution in [2.45, 2.75) is 29.8 Å². The number of carbonyl (C=O) groups is 1. The highest BCUT2D eigenvalue weighted by atomic mass is 35.6. The minimum absolute atomic E-state index is 0.407. The van der Waals surface area contributed by atoms with Crippen LogP contribution in [0.2, 0.25) is 0 Å². The van der Waals surface area contributed by atoms with E-state index in [1.54, 1.807) is 50.2 Å². The maximum Gasteiger partial charge on any atom is 0.311 e. The number of carbonyl (C=O) groups excluding carboxylic acids is 1. The Balaban J connectivity index is 1.77. The van der Waals surface area contributed by atoms with Crippen molar-refractivity contribution in [3.63, 3.8) is 0 Å². The molecule has 0 saturated heterocycles. The molecule has 182 valence electrons. The van der Waals surface area contributed by atoms with Crippen LogP contribution in [0.1, 0.15) is 25.5 Å². The Hall–Kier alpha value is -2.02. The van der Waals surface area contributed by atoms with Crippen LogP contribution in [0.3, 0.4) is 0 Å². The number of para-hydroxylation sites is 1. The van der Waals surface area contributed by atoms with E-state index in [1.165, 1.54) is 0 Å². The third kappa shape index (κ3) is 6.35. The number of benzene rings is 2. The Morgan fingerprint density at radius 1 is 1.09 bits per heavy atom. The molecule has 0 aromatic heterocycles. The molecule has 1 aliphatic carbocycles. The zero-order valence-electron chi connectivity index (χ0n) is 18.4. The van der Waals surface area contributed by atoms with Gasteiger partial charge in [0.15, 0.2) is 0 Å². The van der Waals surface area contributed by atoms with E-state index in [0.29, 0.717) is 17.1 Å². The number of nitrogens with zero attached hydrogens (tertiary/aromatic N) is 1. The zero-order valence-corrected chi connectivity index (χ0v) is 21.5. The van der Waals surface area contributed by atoms with E-state index in [0.717, 1.165) is 6.26 Å². The molecule has 0 heterocycles. The van der Waals surface area contributed by atoms with Crippen molar-refractivity contribution < 1.29 is 26.9 Å². The van der Waals surface area contributed by atoms with Gasteiger partial charge in [0.2, 0.25) is 9.90 Å². The molecule has 1 aliphatic rings. The lowest BCUT2D eigenvalue weighted by atomic mass is 10.1. The summed E-state index contributed by atoms with van der Waals surface area (Å²) < 4.78 is 37.6. The molecular weight excluding hydrogens is 525 g/mol. The van der Waals surface area contributed by atoms with Gasteiger partial charge < -0.3 is 9.47 Å². The number of alkyl halides is 3. The standard InChI is InChI=1S/C23H22Cl3NO6S/c1-22(2)18(20(23(24,25)26)33-34(3,29)30)19(22)21(28)32-17(13-27)14-8-7-11-16(12-14)31-15-9-5-4-6-10-15/h4-12,17-20H,1-3H3/t17?,18-,19+,20-/m1/s1. The average Bonchev–Trinajstić information content (AvgIpc) is 3.31. The Morgan fingerprint density at radius 3 is 2.26 bits per heavy atom. The Labute approximate surface area is 213 Å². The monoisotopic (exact) mass is 545 g/mol. The molecule has 0 N–H and O–H groups in total. The fourth-order valence-corrected chi connectivity index (χ4v) is 5.26. The van der Waals surface area contributed by atoms with Crippen LogP contribution in [-0.2, 0) is 23.8 Å². The summed E-state index contributed by atoms with van der Waals surface area (Å²) in [6, 6.07) is 17.6. The number of rotatable bonds is 8. The van der Waals surface area contributed by atoms with Gasteiger partial charge >= 0.3 is 5.97 Å². The van der Waals surface area contributed by atoms with Gasteiger partial charge in [0.25, 0.3) is 10.1 Å². The maximum atomic E-state index is 13.0. The molecule has 1 unspecified atom stereocenters. The summed E-state index contributed by atoms with van der Waals surface area (Å²) in [7, 11) is -3.98. The summed E-state index contributed by atoms with van der Waals surface area (Å²) in [5.74, 6) is -1.28. The quantitative estimate of drug-likeness (QED) is 0.242. The predicted octanol–water partition coefficient (Wildman–Crippen LogP) is 5.57. The third-order valence-corrected chi connectivity index (χ3v) is 6.79. The van der Waals surface area contributed by atoms with Crippen molar-refractivity contribution in [1.29, 1.82) is 5.26 Å². The van der Waals surface area contributed by atoms with Gasteiger partial charge in [0.1, 0.15) is 23.7 Å². The van der Waals surface area contributed by atoms with Crippen molar-refractivity contribution in [1.82, 2.24) is 0 Å². The second-order valence-corrected chi connectivity index (χ2v) is 12.5. The molecule has 0 aliphatic heterocycles. The van der Waals surface area contributed by atoms with E-state index in [1.807, 2.05) is 24.3 Å². The Bertz CT molecular complexity index is 1190. The summed E-state index contributed by atoms with van der Waals surface area (Å²) in [5, 5.41) is 9.66. The van der Waals surface area contributed by atoms with Crippen LogP contribution in [0.25, 0.3) is 0 Å².